The van der Waals surface area contributed by atoms with Crippen LogP contribution >= 0.6 is 0 Å². The van der Waals surface area contributed by atoms with Gasteiger partial charge in [-0.15, -0.1) is 0 Å². The lowest BCUT2D eigenvalue weighted by molar-refractivity contribution is 0.0791. The molecule has 1 aliphatic rings. The normalized spacial score (nSPS) is 16.4. The number of hydrogen-bond donors (Lipinski definition) is 3. The molecule has 0 aliphatic carbocycles. The summed E-state index contributed by atoms with van der Waals surface area (Å²) in [6.07, 6.45) is 2.56. The third-order valence-electron chi connectivity index (χ3n) is 5.10. The second-order valence-corrected chi connectivity index (χ2v) is 7.16. The van der Waals surface area contributed by atoms with Crippen LogP contribution in [0.25, 0.3) is 0 Å². The first-order valence-corrected chi connectivity index (χ1v) is 9.77. The Morgan fingerprint density at radius 3 is 2.63 bits per heavy atom. The fourth-order valence-electron chi connectivity index (χ4n) is 3.41. The molecule has 0 unspecified atom stereocenters. The number of anilines is 1. The van der Waals surface area contributed by atoms with E-state index in [1.807, 2.05) is 18.2 Å². The van der Waals surface area contributed by atoms with Crippen LogP contribution in [-0.4, -0.2) is 35.2 Å². The Labute approximate surface area is 161 Å². The molecular formula is C22H30N4O. The van der Waals surface area contributed by atoms with Gasteiger partial charge in [0.05, 0.1) is 12.6 Å². The number of benzene rings is 2. The predicted molar refractivity (Wildman–Crippen MR) is 112 cm³/mol. The van der Waals surface area contributed by atoms with Crippen molar-refractivity contribution in [1.29, 1.82) is 0 Å². The van der Waals surface area contributed by atoms with Crippen molar-refractivity contribution in [1.82, 2.24) is 4.90 Å². The van der Waals surface area contributed by atoms with Crippen molar-refractivity contribution < 1.29 is 5.11 Å². The van der Waals surface area contributed by atoms with E-state index in [9.17, 15) is 5.11 Å². The minimum absolute atomic E-state index is 0.141. The van der Waals surface area contributed by atoms with Crippen LogP contribution in [-0.2, 0) is 19.5 Å². The number of guanidine groups is 1. The standard InChI is InChI=1S/C22H30N4O/c1-2-17-6-5-9-20(14-17)25-22(23)24-15-18-7-3-4-8-19(18)16-26-12-10-21(27)11-13-26/h3-9,14,21,27H,2,10-13,15-16H2,1H3,(H3,23,24,25). The van der Waals surface area contributed by atoms with Gasteiger partial charge in [-0.2, -0.15) is 0 Å². The Bertz CT molecular complexity index is 766. The molecule has 5 nitrogen and oxygen atoms in total. The molecule has 4 N–H and O–H groups in total. The quantitative estimate of drug-likeness (QED) is 0.542. The first kappa shape index (κ1) is 19.4. The number of hydrogen-bond acceptors (Lipinski definition) is 3. The number of aliphatic imine (C=N–C) groups is 1. The van der Waals surface area contributed by atoms with Crippen LogP contribution in [0.1, 0.15) is 36.5 Å². The maximum atomic E-state index is 9.68. The number of nitrogens with one attached hydrogen (secondary N) is 1. The number of rotatable bonds is 6. The Hall–Kier alpha value is -2.37. The van der Waals surface area contributed by atoms with Gasteiger partial charge in [0.15, 0.2) is 5.96 Å². The van der Waals surface area contributed by atoms with Crippen molar-refractivity contribution in [2.75, 3.05) is 18.4 Å². The van der Waals surface area contributed by atoms with Crippen LogP contribution in [0.2, 0.25) is 0 Å². The zero-order valence-electron chi connectivity index (χ0n) is 16.1. The van der Waals surface area contributed by atoms with Gasteiger partial charge in [-0.3, -0.25) is 4.90 Å². The Morgan fingerprint density at radius 2 is 1.89 bits per heavy atom. The molecule has 0 radical (unpaired) electrons. The number of likely N-dealkylation sites (tertiary alicyclic amines) is 1. The number of nitrogens with two attached hydrogens (primary N) is 1. The summed E-state index contributed by atoms with van der Waals surface area (Å²) in [6.45, 7) is 5.46. The van der Waals surface area contributed by atoms with Crippen LogP contribution in [0.4, 0.5) is 5.69 Å². The lowest BCUT2D eigenvalue weighted by Gasteiger charge is -2.30. The molecule has 0 aromatic heterocycles. The minimum atomic E-state index is -0.141. The van der Waals surface area contributed by atoms with Gasteiger partial charge in [-0.1, -0.05) is 43.3 Å². The highest BCUT2D eigenvalue weighted by Gasteiger charge is 2.17. The topological polar surface area (TPSA) is 73.9 Å². The molecule has 0 bridgehead atoms. The Kier molecular flexibility index (Phi) is 6.85. The molecular weight excluding hydrogens is 336 g/mol. The molecule has 1 heterocycles. The van der Waals surface area contributed by atoms with E-state index in [0.29, 0.717) is 12.5 Å². The summed E-state index contributed by atoms with van der Waals surface area (Å²) in [5, 5.41) is 12.9. The van der Waals surface area contributed by atoms with Crippen molar-refractivity contribution in [2.24, 2.45) is 10.7 Å². The minimum Gasteiger partial charge on any atom is -0.393 e. The van der Waals surface area contributed by atoms with E-state index < -0.39 is 0 Å². The van der Waals surface area contributed by atoms with E-state index in [4.69, 9.17) is 5.73 Å². The number of aliphatic hydroxyl groups is 1. The van der Waals surface area contributed by atoms with Gasteiger partial charge in [0.2, 0.25) is 0 Å². The van der Waals surface area contributed by atoms with E-state index in [1.165, 1.54) is 16.7 Å². The molecule has 0 saturated carbocycles. The average molecular weight is 367 g/mol. The number of aryl methyl sites for hydroxylation is 1. The largest absolute Gasteiger partial charge is 0.393 e. The first-order valence-electron chi connectivity index (χ1n) is 9.77. The number of nitrogens with zero attached hydrogens (tertiary/aromatic N) is 2. The molecule has 5 heteroatoms. The summed E-state index contributed by atoms with van der Waals surface area (Å²) in [4.78, 5) is 6.93. The highest BCUT2D eigenvalue weighted by atomic mass is 16.3. The van der Waals surface area contributed by atoms with Crippen LogP contribution in [0.15, 0.2) is 53.5 Å². The maximum absolute atomic E-state index is 9.68. The molecule has 3 rings (SSSR count). The summed E-state index contributed by atoms with van der Waals surface area (Å²) >= 11 is 0. The molecule has 1 fully saturated rings. The monoisotopic (exact) mass is 366 g/mol. The van der Waals surface area contributed by atoms with Gasteiger partial charge >= 0.3 is 0 Å². The van der Waals surface area contributed by atoms with E-state index in [1.54, 1.807) is 0 Å². The molecule has 2 aromatic carbocycles. The van der Waals surface area contributed by atoms with Gasteiger partial charge in [-0.05, 0) is 48.1 Å². The molecule has 0 amide bonds. The van der Waals surface area contributed by atoms with E-state index in [-0.39, 0.29) is 6.10 Å². The van der Waals surface area contributed by atoms with Crippen LogP contribution < -0.4 is 11.1 Å². The Balaban J connectivity index is 1.62. The van der Waals surface area contributed by atoms with E-state index >= 15 is 0 Å². The summed E-state index contributed by atoms with van der Waals surface area (Å²) in [7, 11) is 0. The fraction of sp³-hybridized carbons (Fsp3) is 0.409. The van der Waals surface area contributed by atoms with E-state index in [0.717, 1.165) is 44.6 Å². The third kappa shape index (κ3) is 5.81. The predicted octanol–water partition coefficient (Wildman–Crippen LogP) is 3.13. The van der Waals surface area contributed by atoms with Gasteiger partial charge < -0.3 is 16.2 Å². The van der Waals surface area contributed by atoms with Crippen molar-refractivity contribution >= 4 is 11.6 Å². The van der Waals surface area contributed by atoms with E-state index in [2.05, 4.69) is 52.5 Å². The lowest BCUT2D eigenvalue weighted by Crippen LogP contribution is -2.35. The third-order valence-corrected chi connectivity index (χ3v) is 5.10. The Morgan fingerprint density at radius 1 is 1.15 bits per heavy atom. The van der Waals surface area contributed by atoms with Gasteiger partial charge in [0.1, 0.15) is 0 Å². The van der Waals surface area contributed by atoms with Crippen LogP contribution in [0, 0.1) is 0 Å². The van der Waals surface area contributed by atoms with Crippen molar-refractivity contribution in [3.63, 3.8) is 0 Å². The van der Waals surface area contributed by atoms with Crippen LogP contribution in [0.5, 0.6) is 0 Å². The highest BCUT2D eigenvalue weighted by Crippen LogP contribution is 2.17. The molecule has 1 aliphatic heterocycles. The zero-order valence-corrected chi connectivity index (χ0v) is 16.1. The summed E-state index contributed by atoms with van der Waals surface area (Å²) in [5.74, 6) is 0.430. The average Bonchev–Trinajstić information content (AvgIpc) is 2.69. The zero-order chi connectivity index (χ0) is 19.1. The van der Waals surface area contributed by atoms with Crippen molar-refractivity contribution in [2.45, 2.75) is 45.4 Å². The molecule has 0 atom stereocenters. The SMILES string of the molecule is CCc1cccc(NC(N)=NCc2ccccc2CN2CCC(O)CC2)c1. The lowest BCUT2D eigenvalue weighted by atomic mass is 10.0. The molecule has 27 heavy (non-hydrogen) atoms. The molecule has 144 valence electrons. The van der Waals surface area contributed by atoms with Crippen molar-refractivity contribution in [3.8, 4) is 0 Å². The maximum Gasteiger partial charge on any atom is 0.193 e. The van der Waals surface area contributed by atoms with Gasteiger partial charge in [-0.25, -0.2) is 4.99 Å². The molecule has 2 aromatic rings. The second-order valence-electron chi connectivity index (χ2n) is 7.16. The molecule has 1 saturated heterocycles. The summed E-state index contributed by atoms with van der Waals surface area (Å²) in [6, 6.07) is 16.6. The smallest absolute Gasteiger partial charge is 0.193 e. The first-order chi connectivity index (χ1) is 13.1. The number of piperidine rings is 1. The van der Waals surface area contributed by atoms with Gasteiger partial charge in [0, 0.05) is 25.3 Å². The summed E-state index contributed by atoms with van der Waals surface area (Å²) < 4.78 is 0. The van der Waals surface area contributed by atoms with Crippen LogP contribution in [0.3, 0.4) is 0 Å². The number of aliphatic hydroxyl groups excluding tert-OH is 1. The van der Waals surface area contributed by atoms with Gasteiger partial charge in [0.25, 0.3) is 0 Å². The fourth-order valence-corrected chi connectivity index (χ4v) is 3.41. The summed E-state index contributed by atoms with van der Waals surface area (Å²) in [5.41, 5.74) is 10.8. The molecule has 0 spiro atoms. The second kappa shape index (κ2) is 9.53. The highest BCUT2D eigenvalue weighted by molar-refractivity contribution is 5.92. The van der Waals surface area contributed by atoms with Crippen molar-refractivity contribution in [3.05, 3.63) is 65.2 Å².